The summed E-state index contributed by atoms with van der Waals surface area (Å²) in [5.41, 5.74) is 2.89. The zero-order valence-corrected chi connectivity index (χ0v) is 23.3. The first kappa shape index (κ1) is 26.4. The van der Waals surface area contributed by atoms with Crippen molar-refractivity contribution in [2.45, 2.75) is 4.34 Å². The third-order valence-corrected chi connectivity index (χ3v) is 7.68. The maximum absolute atomic E-state index is 13.4. The molecule has 9 nitrogen and oxygen atoms in total. The van der Waals surface area contributed by atoms with Crippen molar-refractivity contribution < 1.29 is 14.4 Å². The van der Waals surface area contributed by atoms with Gasteiger partial charge in [0.15, 0.2) is 5.82 Å². The Morgan fingerprint density at radius 3 is 2.41 bits per heavy atom. The van der Waals surface area contributed by atoms with Crippen molar-refractivity contribution in [2.75, 3.05) is 5.32 Å². The van der Waals surface area contributed by atoms with Crippen LogP contribution < -0.4 is 10.00 Å². The molecule has 2 aromatic heterocycles. The summed E-state index contributed by atoms with van der Waals surface area (Å²) in [4.78, 5) is 33.7. The van der Waals surface area contributed by atoms with Gasteiger partial charge in [-0.3, -0.25) is 21.5 Å². The Bertz CT molecular complexity index is 1950. The fourth-order valence-electron chi connectivity index (χ4n) is 4.22. The second-order valence-electron chi connectivity index (χ2n) is 8.79. The van der Waals surface area contributed by atoms with Gasteiger partial charge in [-0.15, -0.1) is 0 Å². The molecule has 1 N–H and O–H groups in total. The molecule has 41 heavy (non-hydrogen) atoms. The first-order valence-corrected chi connectivity index (χ1v) is 13.8. The van der Waals surface area contributed by atoms with E-state index in [1.165, 1.54) is 12.1 Å². The van der Waals surface area contributed by atoms with Crippen LogP contribution in [0.15, 0.2) is 101 Å². The first-order chi connectivity index (χ1) is 19.9. The number of carbonyl (C=O) groups excluding carboxylic acids is 1. The van der Waals surface area contributed by atoms with Crippen molar-refractivity contribution in [3.05, 3.63) is 118 Å². The van der Waals surface area contributed by atoms with Gasteiger partial charge >= 0.3 is 5.91 Å². The highest BCUT2D eigenvalue weighted by molar-refractivity contribution is 7.62. The Morgan fingerprint density at radius 2 is 1.66 bits per heavy atom. The molecule has 0 saturated heterocycles. The van der Waals surface area contributed by atoms with Crippen LogP contribution in [0.3, 0.4) is 0 Å². The van der Waals surface area contributed by atoms with Crippen LogP contribution in [0.5, 0.6) is 0 Å². The van der Waals surface area contributed by atoms with E-state index in [2.05, 4.69) is 10.4 Å². The molecule has 0 spiro atoms. The molecule has 0 saturated carbocycles. The fourth-order valence-corrected chi connectivity index (χ4v) is 5.47. The highest BCUT2D eigenvalue weighted by Crippen LogP contribution is 2.32. The van der Waals surface area contributed by atoms with Crippen molar-refractivity contribution in [1.29, 1.82) is 0 Å². The molecular formula is C29H17ClN6O3S2. The lowest BCUT2D eigenvalue weighted by Gasteiger charge is -2.11. The van der Waals surface area contributed by atoms with E-state index in [1.54, 1.807) is 30.3 Å². The van der Waals surface area contributed by atoms with Crippen LogP contribution in [0.2, 0.25) is 5.02 Å². The summed E-state index contributed by atoms with van der Waals surface area (Å²) in [6, 6.07) is 28.6. The number of anilines is 2. The zero-order chi connectivity index (χ0) is 28.5. The molecule has 6 rings (SSSR count). The van der Waals surface area contributed by atoms with Gasteiger partial charge in [0.1, 0.15) is 10.8 Å². The summed E-state index contributed by atoms with van der Waals surface area (Å²) in [5, 5.41) is 20.1. The standard InChI is InChI=1S/C29H17ClN6O3S2/c30-22-15-12-19(16-24(22)36(38)39)28-35(34-29(40)41-28)27(37)18-10-13-20(14-11-18)31-26-21-8-4-5-9-23(21)32-25(33-26)17-6-2-1-3-7-17/h1-16H,(H-,31,32,33,34,37,40). The van der Waals surface area contributed by atoms with Crippen LogP contribution in [-0.2, 0) is 12.6 Å². The summed E-state index contributed by atoms with van der Waals surface area (Å²) < 4.78 is 1.38. The van der Waals surface area contributed by atoms with E-state index in [4.69, 9.17) is 34.2 Å². The Labute approximate surface area is 247 Å². The minimum absolute atomic E-state index is 0.00446. The van der Waals surface area contributed by atoms with E-state index >= 15 is 0 Å². The molecule has 0 unspecified atom stereocenters. The summed E-state index contributed by atoms with van der Waals surface area (Å²) in [6.07, 6.45) is 0. The number of hydrogen-bond acceptors (Lipinski definition) is 9. The van der Waals surface area contributed by atoms with Gasteiger partial charge in [-0.1, -0.05) is 54.1 Å². The SMILES string of the molecule is O=C(c1ccc(Nc2nc(-c3ccccc3)nc3ccccc23)cc1)[n+]1nc([S-])sc1-c1ccc(Cl)c([N+](=O)[O-])c1. The highest BCUT2D eigenvalue weighted by atomic mass is 35.5. The van der Waals surface area contributed by atoms with E-state index in [1.807, 2.05) is 54.6 Å². The van der Waals surface area contributed by atoms with E-state index in [-0.39, 0.29) is 15.0 Å². The second kappa shape index (κ2) is 11.0. The van der Waals surface area contributed by atoms with Crippen molar-refractivity contribution in [1.82, 2.24) is 15.1 Å². The lowest BCUT2D eigenvalue weighted by atomic mass is 10.1. The Morgan fingerprint density at radius 1 is 0.927 bits per heavy atom. The molecule has 4 aromatic carbocycles. The lowest BCUT2D eigenvalue weighted by molar-refractivity contribution is -0.621. The second-order valence-corrected chi connectivity index (χ2v) is 10.8. The number of rotatable bonds is 6. The van der Waals surface area contributed by atoms with Gasteiger partial charge in [-0.25, -0.2) is 14.8 Å². The van der Waals surface area contributed by atoms with Crippen LogP contribution >= 0.6 is 22.9 Å². The lowest BCUT2D eigenvalue weighted by Crippen LogP contribution is -2.46. The number of nitrogens with zero attached hydrogens (tertiary/aromatic N) is 5. The molecule has 0 aliphatic carbocycles. The maximum Gasteiger partial charge on any atom is 0.449 e. The van der Waals surface area contributed by atoms with E-state index < -0.39 is 10.8 Å². The summed E-state index contributed by atoms with van der Waals surface area (Å²) in [7, 11) is 0. The number of carbonyl (C=O) groups is 1. The van der Waals surface area contributed by atoms with Gasteiger partial charge in [0.2, 0.25) is 5.01 Å². The number of para-hydroxylation sites is 1. The fraction of sp³-hybridized carbons (Fsp3) is 0. The molecule has 0 aliphatic heterocycles. The average Bonchev–Trinajstić information content (AvgIpc) is 3.39. The van der Waals surface area contributed by atoms with Crippen LogP contribution in [0, 0.1) is 10.1 Å². The largest absolute Gasteiger partial charge is 0.449 e. The number of hydrogen-bond donors (Lipinski definition) is 1. The number of aromatic nitrogens is 4. The van der Waals surface area contributed by atoms with E-state index in [9.17, 15) is 14.9 Å². The third kappa shape index (κ3) is 5.33. The highest BCUT2D eigenvalue weighted by Gasteiger charge is 2.27. The van der Waals surface area contributed by atoms with Gasteiger partial charge < -0.3 is 17.9 Å². The Balaban J connectivity index is 1.31. The van der Waals surface area contributed by atoms with Crippen molar-refractivity contribution >= 4 is 69.6 Å². The van der Waals surface area contributed by atoms with Crippen molar-refractivity contribution in [3.63, 3.8) is 0 Å². The van der Waals surface area contributed by atoms with Crippen molar-refractivity contribution in [2.24, 2.45) is 0 Å². The third-order valence-electron chi connectivity index (χ3n) is 6.17. The van der Waals surface area contributed by atoms with Crippen molar-refractivity contribution in [3.8, 4) is 22.0 Å². The topological polar surface area (TPSA) is 115 Å². The number of nitro benzene ring substituents is 1. The quantitative estimate of drug-likeness (QED) is 0.0989. The van der Waals surface area contributed by atoms with E-state index in [0.717, 1.165) is 32.5 Å². The van der Waals surface area contributed by atoms with Gasteiger partial charge in [-0.05, 0) is 58.3 Å². The molecule has 0 bridgehead atoms. The summed E-state index contributed by atoms with van der Waals surface area (Å²) >= 11 is 12.3. The Hall–Kier alpha value is -4.84. The zero-order valence-electron chi connectivity index (χ0n) is 20.9. The number of halogens is 1. The molecule has 6 aromatic rings. The number of benzene rings is 4. The Kier molecular flexibility index (Phi) is 7.06. The van der Waals surface area contributed by atoms with Crippen LogP contribution in [0.4, 0.5) is 17.2 Å². The minimum atomic E-state index is -0.580. The normalized spacial score (nSPS) is 11.0. The van der Waals surface area contributed by atoms with E-state index in [0.29, 0.717) is 33.5 Å². The van der Waals surface area contributed by atoms with Gasteiger partial charge in [0.25, 0.3) is 5.69 Å². The molecule has 0 fully saturated rings. The predicted molar refractivity (Wildman–Crippen MR) is 159 cm³/mol. The maximum atomic E-state index is 13.4. The molecule has 0 amide bonds. The first-order valence-electron chi connectivity index (χ1n) is 12.2. The molecular weight excluding hydrogens is 580 g/mol. The summed E-state index contributed by atoms with van der Waals surface area (Å²) in [5.74, 6) is 0.786. The number of fused-ring (bicyclic) bond motifs is 1. The van der Waals surface area contributed by atoms with Crippen LogP contribution in [0.1, 0.15) is 10.4 Å². The molecule has 200 valence electrons. The minimum Gasteiger partial charge on any atom is -0.402 e. The van der Waals surface area contributed by atoms with Gasteiger partial charge in [-0.2, -0.15) is 0 Å². The molecule has 0 atom stereocenters. The van der Waals surface area contributed by atoms with Gasteiger partial charge in [0, 0.05) is 32.6 Å². The van der Waals surface area contributed by atoms with Crippen LogP contribution in [-0.4, -0.2) is 25.9 Å². The molecule has 2 heterocycles. The summed E-state index contributed by atoms with van der Waals surface area (Å²) in [6.45, 7) is 0. The van der Waals surface area contributed by atoms with Gasteiger partial charge in [0.05, 0.1) is 16.0 Å². The predicted octanol–water partition coefficient (Wildman–Crippen LogP) is 6.61. The smallest absolute Gasteiger partial charge is 0.402 e. The monoisotopic (exact) mass is 596 g/mol. The number of nitro groups is 1. The molecule has 0 aliphatic rings. The van der Waals surface area contributed by atoms with Crippen LogP contribution in [0.25, 0.3) is 32.9 Å². The average molecular weight is 597 g/mol. The molecule has 12 heteroatoms. The molecule has 0 radical (unpaired) electrons. The number of nitrogens with one attached hydrogen (secondary N) is 1.